The molecule has 5 heteroatoms. The fraction of sp³-hybridized carbons (Fsp3) is 0.0556. The third-order valence-electron chi connectivity index (χ3n) is 3.39. The summed E-state index contributed by atoms with van der Waals surface area (Å²) in [4.78, 5) is 8.41. The van der Waals surface area contributed by atoms with Crippen LogP contribution in [0.4, 0.5) is 11.8 Å². The second kappa shape index (κ2) is 6.58. The fourth-order valence-electron chi connectivity index (χ4n) is 2.30. The van der Waals surface area contributed by atoms with E-state index >= 15 is 0 Å². The lowest BCUT2D eigenvalue weighted by molar-refractivity contribution is 1.08. The molecule has 3 aromatic rings. The van der Waals surface area contributed by atoms with Crippen molar-refractivity contribution >= 4 is 11.8 Å². The summed E-state index contributed by atoms with van der Waals surface area (Å²) in [5.74, 6) is 0.584. The summed E-state index contributed by atoms with van der Waals surface area (Å²) in [5.41, 5.74) is 8.67. The van der Waals surface area contributed by atoms with Crippen LogP contribution in [-0.2, 0) is 6.54 Å². The number of rotatable bonds is 4. The van der Waals surface area contributed by atoms with Crippen molar-refractivity contribution in [3.63, 3.8) is 0 Å². The molecule has 3 N–H and O–H groups in total. The lowest BCUT2D eigenvalue weighted by Gasteiger charge is -2.11. The number of benzene rings is 2. The third kappa shape index (κ3) is 3.27. The Morgan fingerprint density at radius 3 is 2.26 bits per heavy atom. The summed E-state index contributed by atoms with van der Waals surface area (Å²) in [7, 11) is 0. The van der Waals surface area contributed by atoms with Crippen LogP contribution in [0.1, 0.15) is 11.1 Å². The van der Waals surface area contributed by atoms with Gasteiger partial charge in [0.1, 0.15) is 11.6 Å². The monoisotopic (exact) mass is 301 g/mol. The van der Waals surface area contributed by atoms with E-state index in [2.05, 4.69) is 21.4 Å². The molecule has 23 heavy (non-hydrogen) atoms. The highest BCUT2D eigenvalue weighted by Crippen LogP contribution is 2.26. The summed E-state index contributed by atoms with van der Waals surface area (Å²) in [5, 5.41) is 12.7. The summed E-state index contributed by atoms with van der Waals surface area (Å²) in [6, 6.07) is 21.6. The second-order valence-electron chi connectivity index (χ2n) is 4.97. The Kier molecular flexibility index (Phi) is 4.16. The van der Waals surface area contributed by atoms with Crippen molar-refractivity contribution in [2.24, 2.45) is 0 Å². The molecule has 2 aromatic carbocycles. The van der Waals surface area contributed by atoms with Crippen molar-refractivity contribution in [1.29, 1.82) is 5.26 Å². The van der Waals surface area contributed by atoms with Gasteiger partial charge in [0.2, 0.25) is 5.95 Å². The van der Waals surface area contributed by atoms with Crippen molar-refractivity contribution in [3.05, 3.63) is 71.8 Å². The smallest absolute Gasteiger partial charge is 0.222 e. The first-order valence-corrected chi connectivity index (χ1v) is 7.19. The van der Waals surface area contributed by atoms with Gasteiger partial charge in [-0.3, -0.25) is 0 Å². The van der Waals surface area contributed by atoms with Crippen LogP contribution in [0.5, 0.6) is 0 Å². The Morgan fingerprint density at radius 2 is 1.61 bits per heavy atom. The minimum Gasteiger partial charge on any atom is -0.368 e. The van der Waals surface area contributed by atoms with Crippen LogP contribution in [0, 0.1) is 11.3 Å². The van der Waals surface area contributed by atoms with Gasteiger partial charge in [-0.05, 0) is 5.56 Å². The molecule has 112 valence electrons. The molecule has 0 aliphatic carbocycles. The number of hydrogen-bond donors (Lipinski definition) is 2. The Labute approximate surface area is 134 Å². The minimum absolute atomic E-state index is 0.137. The molecule has 0 amide bonds. The van der Waals surface area contributed by atoms with Gasteiger partial charge in [0.15, 0.2) is 5.82 Å². The first-order chi connectivity index (χ1) is 11.3. The molecule has 1 aromatic heterocycles. The number of anilines is 2. The molecule has 1 heterocycles. The third-order valence-corrected chi connectivity index (χ3v) is 3.39. The van der Waals surface area contributed by atoms with Crippen LogP contribution in [-0.4, -0.2) is 9.97 Å². The summed E-state index contributed by atoms with van der Waals surface area (Å²) in [6.45, 7) is 0.556. The van der Waals surface area contributed by atoms with Crippen molar-refractivity contribution in [2.75, 3.05) is 11.1 Å². The van der Waals surface area contributed by atoms with Gasteiger partial charge in [0, 0.05) is 12.1 Å². The molecular formula is C18H15N5. The normalized spacial score (nSPS) is 10.0. The highest BCUT2D eigenvalue weighted by Gasteiger charge is 2.14. The molecule has 5 nitrogen and oxygen atoms in total. The van der Waals surface area contributed by atoms with Gasteiger partial charge in [0.05, 0.1) is 5.69 Å². The number of nitriles is 1. The Hall–Kier alpha value is -3.39. The Morgan fingerprint density at radius 1 is 0.957 bits per heavy atom. The van der Waals surface area contributed by atoms with Crippen molar-refractivity contribution in [1.82, 2.24) is 9.97 Å². The Balaban J connectivity index is 1.97. The van der Waals surface area contributed by atoms with Gasteiger partial charge in [-0.2, -0.15) is 10.2 Å². The first kappa shape index (κ1) is 14.5. The number of nitrogens with zero attached hydrogens (tertiary/aromatic N) is 3. The first-order valence-electron chi connectivity index (χ1n) is 7.19. The molecule has 0 radical (unpaired) electrons. The topological polar surface area (TPSA) is 87.6 Å². The molecule has 0 unspecified atom stereocenters. The average Bonchev–Trinajstić information content (AvgIpc) is 2.61. The highest BCUT2D eigenvalue weighted by atomic mass is 15.1. The molecule has 3 rings (SSSR count). The number of aromatic nitrogens is 2. The molecular weight excluding hydrogens is 286 g/mol. The van der Waals surface area contributed by atoms with Crippen LogP contribution in [0.2, 0.25) is 0 Å². The lowest BCUT2D eigenvalue weighted by atomic mass is 10.1. The molecule has 0 aliphatic heterocycles. The van der Waals surface area contributed by atoms with Crippen LogP contribution in [0.15, 0.2) is 60.7 Å². The van der Waals surface area contributed by atoms with Gasteiger partial charge in [-0.15, -0.1) is 0 Å². The Bertz CT molecular complexity index is 839. The fourth-order valence-corrected chi connectivity index (χ4v) is 2.30. The quantitative estimate of drug-likeness (QED) is 0.772. The van der Waals surface area contributed by atoms with E-state index in [0.717, 1.165) is 11.1 Å². The molecule has 0 saturated heterocycles. The highest BCUT2D eigenvalue weighted by molar-refractivity contribution is 5.73. The zero-order chi connectivity index (χ0) is 16.1. The van der Waals surface area contributed by atoms with Gasteiger partial charge in [0.25, 0.3) is 0 Å². The summed E-state index contributed by atoms with van der Waals surface area (Å²) < 4.78 is 0. The number of nitrogen functional groups attached to an aromatic ring is 1. The van der Waals surface area contributed by atoms with E-state index in [1.165, 1.54) is 0 Å². The largest absolute Gasteiger partial charge is 0.368 e. The zero-order valence-electron chi connectivity index (χ0n) is 12.4. The van der Waals surface area contributed by atoms with Crippen molar-refractivity contribution < 1.29 is 0 Å². The average molecular weight is 301 g/mol. The van der Waals surface area contributed by atoms with Gasteiger partial charge >= 0.3 is 0 Å². The molecule has 0 bridgehead atoms. The van der Waals surface area contributed by atoms with Crippen LogP contribution >= 0.6 is 0 Å². The number of nitrogens with two attached hydrogens (primary N) is 1. The molecule has 0 saturated carbocycles. The van der Waals surface area contributed by atoms with E-state index < -0.39 is 0 Å². The maximum atomic E-state index is 9.54. The van der Waals surface area contributed by atoms with E-state index in [0.29, 0.717) is 23.6 Å². The van der Waals surface area contributed by atoms with Gasteiger partial charge < -0.3 is 11.1 Å². The van der Waals surface area contributed by atoms with Crippen LogP contribution in [0.25, 0.3) is 11.3 Å². The molecule has 0 fully saturated rings. The van der Waals surface area contributed by atoms with Crippen molar-refractivity contribution in [3.8, 4) is 17.3 Å². The number of nitrogens with one attached hydrogen (secondary N) is 1. The standard InChI is InChI=1S/C18H15N5/c19-11-15-16(14-9-5-2-6-10-14)22-18(20)23-17(15)21-12-13-7-3-1-4-8-13/h1-10H,12H2,(H3,20,21,22,23). The molecule has 0 atom stereocenters. The summed E-state index contributed by atoms with van der Waals surface area (Å²) in [6.07, 6.45) is 0. The number of hydrogen-bond acceptors (Lipinski definition) is 5. The van der Waals surface area contributed by atoms with E-state index in [9.17, 15) is 5.26 Å². The SMILES string of the molecule is N#Cc1c(NCc2ccccc2)nc(N)nc1-c1ccccc1. The maximum Gasteiger partial charge on any atom is 0.222 e. The minimum atomic E-state index is 0.137. The van der Waals surface area contributed by atoms with Crippen molar-refractivity contribution in [2.45, 2.75) is 6.54 Å². The van der Waals surface area contributed by atoms with Crippen LogP contribution in [0.3, 0.4) is 0 Å². The second-order valence-corrected chi connectivity index (χ2v) is 4.97. The van der Waals surface area contributed by atoms with E-state index in [4.69, 9.17) is 5.73 Å². The van der Waals surface area contributed by atoms with E-state index in [1.54, 1.807) is 0 Å². The predicted molar refractivity (Wildman–Crippen MR) is 90.4 cm³/mol. The molecule has 0 aliphatic rings. The maximum absolute atomic E-state index is 9.54. The van der Waals surface area contributed by atoms with Crippen LogP contribution < -0.4 is 11.1 Å². The van der Waals surface area contributed by atoms with Gasteiger partial charge in [-0.25, -0.2) is 4.98 Å². The zero-order valence-corrected chi connectivity index (χ0v) is 12.4. The predicted octanol–water partition coefficient (Wildman–Crippen LogP) is 3.21. The summed E-state index contributed by atoms with van der Waals surface area (Å²) >= 11 is 0. The van der Waals surface area contributed by atoms with E-state index in [-0.39, 0.29) is 5.95 Å². The lowest BCUT2D eigenvalue weighted by Crippen LogP contribution is -2.08. The van der Waals surface area contributed by atoms with E-state index in [1.807, 2.05) is 60.7 Å². The van der Waals surface area contributed by atoms with Gasteiger partial charge in [-0.1, -0.05) is 60.7 Å². The molecule has 0 spiro atoms.